The molecule has 3 nitrogen and oxygen atoms in total. The zero-order valence-corrected chi connectivity index (χ0v) is 30.5. The van der Waals surface area contributed by atoms with Crippen LogP contribution in [0.25, 0.3) is 88.6 Å². The minimum absolute atomic E-state index is 0.0997. The van der Waals surface area contributed by atoms with Gasteiger partial charge in [0, 0.05) is 44.3 Å². The summed E-state index contributed by atoms with van der Waals surface area (Å²) in [5, 5.41) is 7.39. The van der Waals surface area contributed by atoms with Crippen LogP contribution in [0.5, 0.6) is 0 Å². The van der Waals surface area contributed by atoms with Gasteiger partial charge in [0.15, 0.2) is 5.76 Å². The third-order valence-electron chi connectivity index (χ3n) is 12.2. The van der Waals surface area contributed by atoms with E-state index in [0.717, 1.165) is 50.8 Å². The summed E-state index contributed by atoms with van der Waals surface area (Å²) in [5.74, 6) is 1.50. The summed E-state index contributed by atoms with van der Waals surface area (Å²) in [5.41, 5.74) is 15.2. The van der Waals surface area contributed by atoms with E-state index >= 15 is 0 Å². The molecule has 0 saturated carbocycles. The van der Waals surface area contributed by atoms with Gasteiger partial charge in [0.05, 0.1) is 5.69 Å². The first-order valence-electron chi connectivity index (χ1n) is 19.0. The van der Waals surface area contributed by atoms with E-state index in [1.54, 1.807) is 0 Å². The van der Waals surface area contributed by atoms with E-state index in [2.05, 4.69) is 183 Å². The number of hydrogen-bond donors (Lipinski definition) is 0. The van der Waals surface area contributed by atoms with Crippen molar-refractivity contribution in [1.29, 1.82) is 0 Å². The Morgan fingerprint density at radius 2 is 1.18 bits per heavy atom. The molecular formula is C52H34N2O. The fourth-order valence-electron chi connectivity index (χ4n) is 9.58. The topological polar surface area (TPSA) is 29.3 Å². The predicted molar refractivity (Wildman–Crippen MR) is 228 cm³/mol. The fourth-order valence-corrected chi connectivity index (χ4v) is 9.58. The van der Waals surface area contributed by atoms with Gasteiger partial charge in [-0.1, -0.05) is 135 Å². The number of anilines is 3. The van der Waals surface area contributed by atoms with Gasteiger partial charge in [-0.25, -0.2) is 4.98 Å². The predicted octanol–water partition coefficient (Wildman–Crippen LogP) is 14.3. The number of aromatic nitrogens is 1. The summed E-state index contributed by atoms with van der Waals surface area (Å²) in [6, 6.07) is 61.6. The molecule has 9 aromatic carbocycles. The highest BCUT2D eigenvalue weighted by Gasteiger charge is 2.36. The maximum atomic E-state index is 6.73. The summed E-state index contributed by atoms with van der Waals surface area (Å²) in [4.78, 5) is 7.62. The number of nitrogens with zero attached hydrogens (tertiary/aromatic N) is 2. The van der Waals surface area contributed by atoms with E-state index in [4.69, 9.17) is 9.40 Å². The third kappa shape index (κ3) is 4.24. The van der Waals surface area contributed by atoms with Crippen LogP contribution in [0.3, 0.4) is 0 Å². The largest absolute Gasteiger partial charge is 0.435 e. The molecular weight excluding hydrogens is 669 g/mol. The first-order chi connectivity index (χ1) is 27.0. The molecule has 258 valence electrons. The van der Waals surface area contributed by atoms with Gasteiger partial charge in [-0.3, -0.25) is 0 Å². The Bertz CT molecular complexity index is 3170. The monoisotopic (exact) mass is 702 g/mol. The summed E-state index contributed by atoms with van der Waals surface area (Å²) in [6.45, 7) is 4.70. The Morgan fingerprint density at radius 3 is 2.05 bits per heavy atom. The number of hydrogen-bond acceptors (Lipinski definition) is 3. The highest BCUT2D eigenvalue weighted by atomic mass is 16.4. The van der Waals surface area contributed by atoms with Crippen molar-refractivity contribution in [3.63, 3.8) is 0 Å². The molecule has 0 unspecified atom stereocenters. The van der Waals surface area contributed by atoms with Crippen molar-refractivity contribution in [1.82, 2.24) is 4.98 Å². The second-order valence-electron chi connectivity index (χ2n) is 15.5. The van der Waals surface area contributed by atoms with Crippen molar-refractivity contribution in [3.8, 4) is 56.3 Å². The SMILES string of the molecule is CC1(C)c2ccccc2-c2ccc(N(c3ccccc3)c3ccc4cc5c6c(ccc7ccc3c4c76)-c3nc(-c4cccc(-c6ccccc6)c4)oc3-5)cc21. The quantitative estimate of drug-likeness (QED) is 0.167. The highest BCUT2D eigenvalue weighted by Crippen LogP contribution is 2.55. The van der Waals surface area contributed by atoms with Gasteiger partial charge < -0.3 is 9.32 Å². The number of benzene rings is 9. The Balaban J connectivity index is 1.03. The number of rotatable bonds is 5. The van der Waals surface area contributed by atoms with Crippen LogP contribution < -0.4 is 4.90 Å². The van der Waals surface area contributed by atoms with E-state index in [1.807, 2.05) is 6.07 Å². The summed E-state index contributed by atoms with van der Waals surface area (Å²) >= 11 is 0. The molecule has 0 saturated heterocycles. The molecule has 10 aromatic rings. The van der Waals surface area contributed by atoms with Crippen LogP contribution in [0.1, 0.15) is 25.0 Å². The van der Waals surface area contributed by atoms with Crippen LogP contribution in [0, 0.1) is 0 Å². The van der Waals surface area contributed by atoms with Gasteiger partial charge in [0.1, 0.15) is 5.69 Å². The summed E-state index contributed by atoms with van der Waals surface area (Å²) in [7, 11) is 0. The normalized spacial score (nSPS) is 13.4. The van der Waals surface area contributed by atoms with Gasteiger partial charge in [0.2, 0.25) is 5.89 Å². The lowest BCUT2D eigenvalue weighted by Crippen LogP contribution is -2.16. The van der Waals surface area contributed by atoms with E-state index in [9.17, 15) is 0 Å². The van der Waals surface area contributed by atoms with Gasteiger partial charge in [0.25, 0.3) is 0 Å². The molecule has 2 aliphatic carbocycles. The smallest absolute Gasteiger partial charge is 0.227 e. The molecule has 0 aliphatic heterocycles. The number of oxazole rings is 1. The van der Waals surface area contributed by atoms with Crippen molar-refractivity contribution >= 4 is 49.4 Å². The Hall–Kier alpha value is -6.97. The zero-order chi connectivity index (χ0) is 36.4. The lowest BCUT2D eigenvalue weighted by Gasteiger charge is -2.29. The van der Waals surface area contributed by atoms with Crippen LogP contribution in [0.15, 0.2) is 174 Å². The first-order valence-corrected chi connectivity index (χ1v) is 19.0. The molecule has 0 atom stereocenters. The van der Waals surface area contributed by atoms with Crippen LogP contribution in [-0.2, 0) is 5.41 Å². The van der Waals surface area contributed by atoms with E-state index in [1.165, 1.54) is 60.1 Å². The molecule has 2 aliphatic rings. The van der Waals surface area contributed by atoms with Crippen molar-refractivity contribution in [2.75, 3.05) is 4.90 Å². The van der Waals surface area contributed by atoms with Crippen LogP contribution >= 0.6 is 0 Å². The Kier molecular flexibility index (Phi) is 6.12. The molecule has 55 heavy (non-hydrogen) atoms. The van der Waals surface area contributed by atoms with Crippen LogP contribution in [-0.4, -0.2) is 4.98 Å². The molecule has 12 rings (SSSR count). The molecule has 0 amide bonds. The number of fused-ring (bicyclic) bond motifs is 6. The maximum Gasteiger partial charge on any atom is 0.227 e. The highest BCUT2D eigenvalue weighted by molar-refractivity contribution is 6.32. The van der Waals surface area contributed by atoms with Crippen molar-refractivity contribution in [3.05, 3.63) is 181 Å². The standard InChI is InChI=1S/C52H34N2O/c1-52(2)43-19-10-9-18-38(43)39-26-23-37(30-44(39)52)54(36-16-7-4-8-17-36)45-27-22-34-29-42-48-41(25-21-32-20-24-40(45)46(34)47(32)48)49-50(42)55-51(53-49)35-15-11-14-33(28-35)31-12-5-3-6-13-31/h3-30H,1-2H3. The molecule has 0 fully saturated rings. The van der Waals surface area contributed by atoms with Gasteiger partial charge in [-0.05, 0) is 103 Å². The molecule has 1 heterocycles. The third-order valence-corrected chi connectivity index (χ3v) is 12.2. The molecule has 0 radical (unpaired) electrons. The average Bonchev–Trinajstić information content (AvgIpc) is 3.87. The fraction of sp³-hybridized carbons (Fsp3) is 0.0577. The minimum Gasteiger partial charge on any atom is -0.435 e. The first kappa shape index (κ1) is 30.5. The summed E-state index contributed by atoms with van der Waals surface area (Å²) in [6.07, 6.45) is 0. The van der Waals surface area contributed by atoms with Gasteiger partial charge >= 0.3 is 0 Å². The van der Waals surface area contributed by atoms with E-state index in [-0.39, 0.29) is 5.41 Å². The minimum atomic E-state index is -0.0997. The van der Waals surface area contributed by atoms with Gasteiger partial charge in [-0.15, -0.1) is 0 Å². The van der Waals surface area contributed by atoms with Crippen LogP contribution in [0.4, 0.5) is 17.1 Å². The van der Waals surface area contributed by atoms with E-state index in [0.29, 0.717) is 5.89 Å². The number of para-hydroxylation sites is 1. The average molecular weight is 703 g/mol. The van der Waals surface area contributed by atoms with Crippen molar-refractivity contribution < 1.29 is 4.42 Å². The van der Waals surface area contributed by atoms with Crippen LogP contribution in [0.2, 0.25) is 0 Å². The molecule has 1 aromatic heterocycles. The summed E-state index contributed by atoms with van der Waals surface area (Å²) < 4.78 is 6.73. The van der Waals surface area contributed by atoms with Gasteiger partial charge in [-0.2, -0.15) is 0 Å². The molecule has 0 bridgehead atoms. The maximum absolute atomic E-state index is 6.73. The molecule has 3 heteroatoms. The lowest BCUT2D eigenvalue weighted by molar-refractivity contribution is 0.590. The van der Waals surface area contributed by atoms with Crippen molar-refractivity contribution in [2.24, 2.45) is 0 Å². The Labute approximate surface area is 319 Å². The second-order valence-corrected chi connectivity index (χ2v) is 15.5. The second kappa shape index (κ2) is 11.0. The lowest BCUT2D eigenvalue weighted by atomic mass is 9.82. The van der Waals surface area contributed by atoms with Crippen molar-refractivity contribution in [2.45, 2.75) is 19.3 Å². The Morgan fingerprint density at radius 1 is 0.473 bits per heavy atom. The van der Waals surface area contributed by atoms with E-state index < -0.39 is 0 Å². The zero-order valence-electron chi connectivity index (χ0n) is 30.5. The molecule has 0 spiro atoms. The molecule has 0 N–H and O–H groups in total.